The SMILES string of the molecule is COC(=O)c1ccc(C2CC2N)o1. The molecule has 0 spiro atoms. The van der Waals surface area contributed by atoms with Crippen LogP contribution in [0.15, 0.2) is 16.5 Å². The molecule has 0 saturated heterocycles. The number of esters is 1. The Morgan fingerprint density at radius 1 is 1.69 bits per heavy atom. The first-order chi connectivity index (χ1) is 6.22. The van der Waals surface area contributed by atoms with Crippen LogP contribution >= 0.6 is 0 Å². The molecule has 0 radical (unpaired) electrons. The van der Waals surface area contributed by atoms with Gasteiger partial charge < -0.3 is 14.9 Å². The zero-order valence-electron chi connectivity index (χ0n) is 7.32. The van der Waals surface area contributed by atoms with Crippen LogP contribution in [-0.2, 0) is 4.74 Å². The summed E-state index contributed by atoms with van der Waals surface area (Å²) in [5, 5.41) is 0. The maximum atomic E-state index is 11.0. The standard InChI is InChI=1S/C9H11NO3/c1-12-9(11)8-3-2-7(13-8)5-4-6(5)10/h2-3,5-6H,4,10H2,1H3. The first-order valence-corrected chi connectivity index (χ1v) is 4.16. The van der Waals surface area contributed by atoms with Crippen molar-refractivity contribution in [2.45, 2.75) is 18.4 Å². The topological polar surface area (TPSA) is 65.5 Å². The van der Waals surface area contributed by atoms with Crippen LogP contribution in [0.4, 0.5) is 0 Å². The lowest BCUT2D eigenvalue weighted by Crippen LogP contribution is -2.00. The van der Waals surface area contributed by atoms with Gasteiger partial charge in [-0.05, 0) is 18.6 Å². The average molecular weight is 181 g/mol. The highest BCUT2D eigenvalue weighted by molar-refractivity contribution is 5.86. The van der Waals surface area contributed by atoms with E-state index in [0.29, 0.717) is 5.92 Å². The van der Waals surface area contributed by atoms with Crippen molar-refractivity contribution in [1.82, 2.24) is 0 Å². The minimum atomic E-state index is -0.444. The molecule has 2 unspecified atom stereocenters. The predicted molar refractivity (Wildman–Crippen MR) is 45.4 cm³/mol. The van der Waals surface area contributed by atoms with Crippen LogP contribution in [-0.4, -0.2) is 19.1 Å². The summed E-state index contributed by atoms with van der Waals surface area (Å²) in [6.07, 6.45) is 0.939. The monoisotopic (exact) mass is 181 g/mol. The molecule has 4 heteroatoms. The maximum Gasteiger partial charge on any atom is 0.373 e. The Labute approximate surface area is 75.7 Å². The number of hydrogen-bond acceptors (Lipinski definition) is 4. The van der Waals surface area contributed by atoms with Gasteiger partial charge in [0, 0.05) is 12.0 Å². The van der Waals surface area contributed by atoms with E-state index in [1.54, 1.807) is 12.1 Å². The molecule has 0 bridgehead atoms. The van der Waals surface area contributed by atoms with Gasteiger partial charge in [-0.25, -0.2) is 4.79 Å². The molecule has 0 aromatic carbocycles. The van der Waals surface area contributed by atoms with Gasteiger partial charge in [-0.2, -0.15) is 0 Å². The number of carbonyl (C=O) groups is 1. The summed E-state index contributed by atoms with van der Waals surface area (Å²) in [7, 11) is 1.33. The van der Waals surface area contributed by atoms with Gasteiger partial charge in [0.25, 0.3) is 0 Å². The normalized spacial score (nSPS) is 25.7. The second-order valence-electron chi connectivity index (χ2n) is 3.20. The van der Waals surface area contributed by atoms with Gasteiger partial charge in [-0.3, -0.25) is 0 Å². The molecule has 0 amide bonds. The van der Waals surface area contributed by atoms with Crippen molar-refractivity contribution in [2.24, 2.45) is 5.73 Å². The minimum absolute atomic E-state index is 0.191. The van der Waals surface area contributed by atoms with Gasteiger partial charge in [0.1, 0.15) is 5.76 Å². The summed E-state index contributed by atoms with van der Waals surface area (Å²) in [4.78, 5) is 11.0. The summed E-state index contributed by atoms with van der Waals surface area (Å²) in [5.74, 6) is 0.878. The fraction of sp³-hybridized carbons (Fsp3) is 0.444. The fourth-order valence-electron chi connectivity index (χ4n) is 1.30. The summed E-state index contributed by atoms with van der Waals surface area (Å²) < 4.78 is 9.79. The Balaban J connectivity index is 2.14. The third-order valence-electron chi connectivity index (χ3n) is 2.22. The molecule has 2 atom stereocenters. The molecule has 1 heterocycles. The summed E-state index contributed by atoms with van der Waals surface area (Å²) >= 11 is 0. The lowest BCUT2D eigenvalue weighted by molar-refractivity contribution is 0.0563. The largest absolute Gasteiger partial charge is 0.463 e. The molecule has 2 N–H and O–H groups in total. The van der Waals surface area contributed by atoms with Gasteiger partial charge in [0.15, 0.2) is 0 Å². The molecule has 1 saturated carbocycles. The molecular weight excluding hydrogens is 170 g/mol. The molecule has 1 aliphatic rings. The predicted octanol–water partition coefficient (Wildman–Crippen LogP) is 0.881. The molecular formula is C9H11NO3. The van der Waals surface area contributed by atoms with Crippen LogP contribution in [0.25, 0.3) is 0 Å². The Morgan fingerprint density at radius 3 is 2.92 bits per heavy atom. The maximum absolute atomic E-state index is 11.0. The highest BCUT2D eigenvalue weighted by Crippen LogP contribution is 2.39. The van der Waals surface area contributed by atoms with Crippen LogP contribution < -0.4 is 5.73 Å². The first kappa shape index (κ1) is 8.31. The molecule has 1 aromatic heterocycles. The van der Waals surface area contributed by atoms with Crippen molar-refractivity contribution in [3.05, 3.63) is 23.7 Å². The summed E-state index contributed by atoms with van der Waals surface area (Å²) in [6.45, 7) is 0. The lowest BCUT2D eigenvalue weighted by Gasteiger charge is -1.93. The number of nitrogens with two attached hydrogens (primary N) is 1. The number of carbonyl (C=O) groups excluding carboxylic acids is 1. The van der Waals surface area contributed by atoms with Gasteiger partial charge in [0.05, 0.1) is 7.11 Å². The van der Waals surface area contributed by atoms with E-state index in [1.807, 2.05) is 0 Å². The van der Waals surface area contributed by atoms with E-state index < -0.39 is 5.97 Å². The average Bonchev–Trinajstić information content (AvgIpc) is 2.70. The molecule has 13 heavy (non-hydrogen) atoms. The molecule has 0 aliphatic heterocycles. The number of hydrogen-bond donors (Lipinski definition) is 1. The zero-order valence-corrected chi connectivity index (χ0v) is 7.32. The van der Waals surface area contributed by atoms with Crippen molar-refractivity contribution >= 4 is 5.97 Å². The number of rotatable bonds is 2. The number of ether oxygens (including phenoxy) is 1. The Kier molecular flexibility index (Phi) is 1.84. The lowest BCUT2D eigenvalue weighted by atomic mass is 10.3. The second-order valence-corrected chi connectivity index (χ2v) is 3.20. The molecule has 1 fully saturated rings. The van der Waals surface area contributed by atoms with Gasteiger partial charge >= 0.3 is 5.97 Å². The van der Waals surface area contributed by atoms with E-state index in [1.165, 1.54) is 7.11 Å². The Hall–Kier alpha value is -1.29. The molecule has 1 aliphatic carbocycles. The van der Waals surface area contributed by atoms with Crippen LogP contribution in [0.2, 0.25) is 0 Å². The van der Waals surface area contributed by atoms with Crippen molar-refractivity contribution in [3.63, 3.8) is 0 Å². The highest BCUT2D eigenvalue weighted by atomic mass is 16.5. The molecule has 4 nitrogen and oxygen atoms in total. The van der Waals surface area contributed by atoms with Crippen molar-refractivity contribution in [2.75, 3.05) is 7.11 Å². The van der Waals surface area contributed by atoms with Crippen LogP contribution in [0, 0.1) is 0 Å². The van der Waals surface area contributed by atoms with Crippen molar-refractivity contribution in [3.8, 4) is 0 Å². The quantitative estimate of drug-likeness (QED) is 0.688. The highest BCUT2D eigenvalue weighted by Gasteiger charge is 2.37. The van der Waals surface area contributed by atoms with Crippen molar-refractivity contribution < 1.29 is 13.9 Å². The van der Waals surface area contributed by atoms with E-state index in [9.17, 15) is 4.79 Å². The minimum Gasteiger partial charge on any atom is -0.463 e. The van der Waals surface area contributed by atoms with Crippen LogP contribution in [0.5, 0.6) is 0 Å². The van der Waals surface area contributed by atoms with Crippen LogP contribution in [0.3, 0.4) is 0 Å². The Morgan fingerprint density at radius 2 is 2.38 bits per heavy atom. The van der Waals surface area contributed by atoms with Crippen molar-refractivity contribution in [1.29, 1.82) is 0 Å². The van der Waals surface area contributed by atoms with E-state index >= 15 is 0 Å². The Bertz CT molecular complexity index is 331. The third kappa shape index (κ3) is 1.45. The molecule has 70 valence electrons. The second kappa shape index (κ2) is 2.88. The van der Waals surface area contributed by atoms with E-state index in [4.69, 9.17) is 10.2 Å². The summed E-state index contributed by atoms with van der Waals surface area (Å²) in [5.41, 5.74) is 5.64. The molecule has 1 aromatic rings. The number of furan rings is 1. The third-order valence-corrected chi connectivity index (χ3v) is 2.22. The fourth-order valence-corrected chi connectivity index (χ4v) is 1.30. The van der Waals surface area contributed by atoms with E-state index in [2.05, 4.69) is 4.74 Å². The van der Waals surface area contributed by atoms with Gasteiger partial charge in [-0.1, -0.05) is 0 Å². The smallest absolute Gasteiger partial charge is 0.373 e. The van der Waals surface area contributed by atoms with E-state index in [0.717, 1.165) is 12.2 Å². The number of methoxy groups -OCH3 is 1. The summed E-state index contributed by atoms with van der Waals surface area (Å²) in [6, 6.07) is 3.59. The van der Waals surface area contributed by atoms with E-state index in [-0.39, 0.29) is 11.8 Å². The first-order valence-electron chi connectivity index (χ1n) is 4.16. The molecule has 2 rings (SSSR count). The van der Waals surface area contributed by atoms with Gasteiger partial charge in [0.2, 0.25) is 5.76 Å². The van der Waals surface area contributed by atoms with Crippen LogP contribution in [0.1, 0.15) is 28.7 Å². The van der Waals surface area contributed by atoms with Gasteiger partial charge in [-0.15, -0.1) is 0 Å². The zero-order chi connectivity index (χ0) is 9.42.